The van der Waals surface area contributed by atoms with Gasteiger partial charge in [0.1, 0.15) is 28.0 Å². The van der Waals surface area contributed by atoms with Crippen molar-refractivity contribution in [1.29, 1.82) is 0 Å². The number of para-hydroxylation sites is 1. The van der Waals surface area contributed by atoms with Gasteiger partial charge in [-0.25, -0.2) is 24.9 Å². The van der Waals surface area contributed by atoms with Gasteiger partial charge in [-0.05, 0) is 59.7 Å². The van der Waals surface area contributed by atoms with Crippen molar-refractivity contribution < 1.29 is 8.83 Å². The van der Waals surface area contributed by atoms with E-state index in [1.807, 2.05) is 121 Å². The van der Waals surface area contributed by atoms with Crippen molar-refractivity contribution in [3.63, 3.8) is 0 Å². The van der Waals surface area contributed by atoms with Crippen molar-refractivity contribution >= 4 is 75.5 Å². The Morgan fingerprint density at radius 3 is 1.83 bits per heavy atom. The van der Waals surface area contributed by atoms with Crippen LogP contribution in [0.5, 0.6) is 0 Å². The molecule has 13 aromatic rings. The van der Waals surface area contributed by atoms with Crippen LogP contribution < -0.4 is 0 Å². The van der Waals surface area contributed by atoms with Crippen molar-refractivity contribution in [1.82, 2.24) is 24.9 Å². The molecule has 5 aromatic heterocycles. The van der Waals surface area contributed by atoms with Gasteiger partial charge >= 0.3 is 0 Å². The standard InChI is InChI=1S/C55H31N5O2S/c1-3-14-32(15-4-1)48-50-49(40-21-7-9-25-43(40)62-50)57-53(56-48)36-28-29-44-42(31-36)47-41(24-13-26-45(47)61-44)55-59-52(33-16-5-2-6-17-33)58-54(60-55)35-19-11-18-34(30-35)37-22-12-23-39-38-20-8-10-27-46(38)63-51(37)39/h1-31H. The Bertz CT molecular complexity index is 3930. The molecule has 63 heavy (non-hydrogen) atoms. The molecule has 0 amide bonds. The maximum Gasteiger partial charge on any atom is 0.180 e. The number of rotatable bonds is 6. The van der Waals surface area contributed by atoms with Crippen LogP contribution in [0.3, 0.4) is 0 Å². The Morgan fingerprint density at radius 1 is 0.349 bits per heavy atom. The zero-order valence-electron chi connectivity index (χ0n) is 33.4. The SMILES string of the molecule is c1ccc(-c2nc(-c3cccc(-c4cccc5c4sc4ccccc45)c3)nc(-c3cccc4oc5ccc(-c6nc(-c7ccccc7)c7oc8ccccc8c7n6)cc5c34)n2)cc1. The lowest BCUT2D eigenvalue weighted by Crippen LogP contribution is -2.00. The van der Waals surface area contributed by atoms with Gasteiger partial charge in [0.15, 0.2) is 28.9 Å². The molecule has 0 N–H and O–H groups in total. The molecule has 8 aromatic carbocycles. The zero-order valence-corrected chi connectivity index (χ0v) is 34.2. The first-order chi connectivity index (χ1) is 31.2. The van der Waals surface area contributed by atoms with E-state index in [1.54, 1.807) is 0 Å². The third-order valence-electron chi connectivity index (χ3n) is 11.8. The number of hydrogen-bond donors (Lipinski definition) is 0. The molecule has 13 rings (SSSR count). The molecule has 0 saturated carbocycles. The molecule has 0 aliphatic carbocycles. The molecule has 0 fully saturated rings. The fraction of sp³-hybridized carbons (Fsp3) is 0. The predicted molar refractivity (Wildman–Crippen MR) is 255 cm³/mol. The van der Waals surface area contributed by atoms with Crippen molar-refractivity contribution in [2.45, 2.75) is 0 Å². The van der Waals surface area contributed by atoms with E-state index in [1.165, 1.54) is 25.7 Å². The van der Waals surface area contributed by atoms with Crippen LogP contribution >= 0.6 is 11.3 Å². The molecule has 7 nitrogen and oxygen atoms in total. The number of aromatic nitrogens is 5. The second kappa shape index (κ2) is 14.1. The minimum absolute atomic E-state index is 0.545. The Hall–Kier alpha value is -8.33. The summed E-state index contributed by atoms with van der Waals surface area (Å²) in [6.45, 7) is 0. The molecule has 8 heteroatoms. The fourth-order valence-electron chi connectivity index (χ4n) is 8.81. The maximum absolute atomic E-state index is 6.54. The highest BCUT2D eigenvalue weighted by atomic mass is 32.1. The van der Waals surface area contributed by atoms with Gasteiger partial charge in [-0.3, -0.25) is 0 Å². The van der Waals surface area contributed by atoms with E-state index in [0.717, 1.165) is 77.5 Å². The fourth-order valence-corrected chi connectivity index (χ4v) is 10.0. The summed E-state index contributed by atoms with van der Waals surface area (Å²) in [4.78, 5) is 25.9. The summed E-state index contributed by atoms with van der Waals surface area (Å²) in [7, 11) is 0. The van der Waals surface area contributed by atoms with Crippen LogP contribution in [0.15, 0.2) is 197 Å². The Kier molecular flexibility index (Phi) is 7.94. The Labute approximate surface area is 363 Å². The molecule has 0 aliphatic heterocycles. The summed E-state index contributed by atoms with van der Waals surface area (Å²) in [5.41, 5.74) is 11.1. The second-order valence-electron chi connectivity index (χ2n) is 15.6. The highest BCUT2D eigenvalue weighted by Crippen LogP contribution is 2.42. The first-order valence-electron chi connectivity index (χ1n) is 20.7. The first kappa shape index (κ1) is 35.4. The van der Waals surface area contributed by atoms with Crippen molar-refractivity contribution in [3.05, 3.63) is 188 Å². The maximum atomic E-state index is 6.54. The third-order valence-corrected chi connectivity index (χ3v) is 13.0. The topological polar surface area (TPSA) is 90.7 Å². The summed E-state index contributed by atoms with van der Waals surface area (Å²) in [6, 6.07) is 64.0. The van der Waals surface area contributed by atoms with Crippen LogP contribution in [0.1, 0.15) is 0 Å². The van der Waals surface area contributed by atoms with E-state index >= 15 is 0 Å². The highest BCUT2D eigenvalue weighted by Gasteiger charge is 2.22. The predicted octanol–water partition coefficient (Wildman–Crippen LogP) is 14.8. The summed E-state index contributed by atoms with van der Waals surface area (Å²) >= 11 is 1.82. The number of hydrogen-bond acceptors (Lipinski definition) is 8. The highest BCUT2D eigenvalue weighted by molar-refractivity contribution is 7.26. The Morgan fingerprint density at radius 2 is 0.952 bits per heavy atom. The average molecular weight is 826 g/mol. The van der Waals surface area contributed by atoms with Crippen LogP contribution in [0.4, 0.5) is 0 Å². The van der Waals surface area contributed by atoms with Crippen LogP contribution in [-0.4, -0.2) is 24.9 Å². The van der Waals surface area contributed by atoms with Crippen LogP contribution in [0.25, 0.3) is 132 Å². The summed E-state index contributed by atoms with van der Waals surface area (Å²) in [5, 5.41) is 5.27. The van der Waals surface area contributed by atoms with Gasteiger partial charge in [0, 0.05) is 64.1 Å². The molecular formula is C55H31N5O2S. The number of benzene rings is 8. The molecule has 0 spiro atoms. The molecule has 0 radical (unpaired) electrons. The van der Waals surface area contributed by atoms with E-state index in [0.29, 0.717) is 28.9 Å². The minimum atomic E-state index is 0.545. The van der Waals surface area contributed by atoms with Gasteiger partial charge in [0.25, 0.3) is 0 Å². The Balaban J connectivity index is 0.989. The normalized spacial score (nSPS) is 11.8. The second-order valence-corrected chi connectivity index (χ2v) is 16.6. The lowest BCUT2D eigenvalue weighted by atomic mass is 10.0. The van der Waals surface area contributed by atoms with Crippen molar-refractivity contribution in [3.8, 4) is 67.9 Å². The molecule has 0 aliphatic rings. The summed E-state index contributed by atoms with van der Waals surface area (Å²) in [6.07, 6.45) is 0. The largest absolute Gasteiger partial charge is 0.456 e. The molecule has 294 valence electrons. The van der Waals surface area contributed by atoms with E-state index in [9.17, 15) is 0 Å². The molecule has 0 saturated heterocycles. The van der Waals surface area contributed by atoms with E-state index < -0.39 is 0 Å². The van der Waals surface area contributed by atoms with Gasteiger partial charge in [-0.2, -0.15) is 0 Å². The third kappa shape index (κ3) is 5.84. The van der Waals surface area contributed by atoms with Gasteiger partial charge in [-0.1, -0.05) is 140 Å². The quantitative estimate of drug-likeness (QED) is 0.165. The summed E-state index contributed by atoms with van der Waals surface area (Å²) < 4.78 is 15.5. The van der Waals surface area contributed by atoms with Crippen molar-refractivity contribution in [2.24, 2.45) is 0 Å². The van der Waals surface area contributed by atoms with E-state index in [4.69, 9.17) is 33.8 Å². The monoisotopic (exact) mass is 825 g/mol. The van der Waals surface area contributed by atoms with Crippen LogP contribution in [0, 0.1) is 0 Å². The number of fused-ring (bicyclic) bond motifs is 9. The van der Waals surface area contributed by atoms with E-state index in [-0.39, 0.29) is 0 Å². The number of furan rings is 2. The molecule has 0 unspecified atom stereocenters. The number of nitrogens with zero attached hydrogens (tertiary/aromatic N) is 5. The van der Waals surface area contributed by atoms with Gasteiger partial charge < -0.3 is 8.83 Å². The van der Waals surface area contributed by atoms with Gasteiger partial charge in [0.2, 0.25) is 0 Å². The zero-order chi connectivity index (χ0) is 41.4. The molecule has 5 heterocycles. The minimum Gasteiger partial charge on any atom is -0.456 e. The van der Waals surface area contributed by atoms with Crippen LogP contribution in [-0.2, 0) is 0 Å². The summed E-state index contributed by atoms with van der Waals surface area (Å²) in [5.74, 6) is 2.29. The molecule has 0 atom stereocenters. The van der Waals surface area contributed by atoms with Crippen molar-refractivity contribution in [2.75, 3.05) is 0 Å². The smallest absolute Gasteiger partial charge is 0.180 e. The van der Waals surface area contributed by atoms with Gasteiger partial charge in [-0.15, -0.1) is 11.3 Å². The number of thiophene rings is 1. The van der Waals surface area contributed by atoms with Crippen LogP contribution in [0.2, 0.25) is 0 Å². The first-order valence-corrected chi connectivity index (χ1v) is 21.6. The average Bonchev–Trinajstić information content (AvgIpc) is 4.05. The molecular weight excluding hydrogens is 795 g/mol. The van der Waals surface area contributed by atoms with Gasteiger partial charge in [0.05, 0.1) is 0 Å². The van der Waals surface area contributed by atoms with E-state index in [2.05, 4.69) is 78.9 Å². The molecule has 0 bridgehead atoms. The lowest BCUT2D eigenvalue weighted by molar-refractivity contribution is 0.667. The lowest BCUT2D eigenvalue weighted by Gasteiger charge is -2.11.